The molecular formula is C14H13FN2O2S2. The maximum atomic E-state index is 13.5. The third-order valence-electron chi connectivity index (χ3n) is 2.54. The average molecular weight is 324 g/mol. The molecule has 110 valence electrons. The summed E-state index contributed by atoms with van der Waals surface area (Å²) in [5.41, 5.74) is 5.28. The zero-order valence-corrected chi connectivity index (χ0v) is 12.6. The summed E-state index contributed by atoms with van der Waals surface area (Å²) in [4.78, 5) is 1.24. The Kier molecular flexibility index (Phi) is 5.09. The van der Waals surface area contributed by atoms with Crippen molar-refractivity contribution in [1.29, 1.82) is 0 Å². The molecular weight excluding hydrogens is 311 g/mol. The third-order valence-corrected chi connectivity index (χ3v) is 4.97. The number of nitrogens with two attached hydrogens (primary N) is 1. The SMILES string of the molecule is NCC#Cc1ccc(CNS(=O)(=O)c2ccccc2F)s1. The van der Waals surface area contributed by atoms with E-state index in [9.17, 15) is 12.8 Å². The predicted octanol–water partition coefficient (Wildman–Crippen LogP) is 1.68. The normalized spacial score (nSPS) is 11.0. The standard InChI is InChI=1S/C14H13FN2O2S2/c15-13-5-1-2-6-14(13)21(18,19)17-10-12-8-7-11(20-12)4-3-9-16/h1-2,5-8,17H,9-10,16H2. The summed E-state index contributed by atoms with van der Waals surface area (Å²) < 4.78 is 39.9. The minimum Gasteiger partial charge on any atom is -0.320 e. The Balaban J connectivity index is 2.09. The summed E-state index contributed by atoms with van der Waals surface area (Å²) in [5.74, 6) is 4.82. The molecule has 1 aromatic carbocycles. The molecule has 21 heavy (non-hydrogen) atoms. The first-order valence-corrected chi connectivity index (χ1v) is 8.35. The summed E-state index contributed by atoms with van der Waals surface area (Å²) >= 11 is 1.36. The number of sulfonamides is 1. The molecule has 4 nitrogen and oxygen atoms in total. The molecule has 2 rings (SSSR count). The Hall–Kier alpha value is -1.72. The zero-order chi connectivity index (χ0) is 15.3. The first kappa shape index (κ1) is 15.7. The largest absolute Gasteiger partial charge is 0.320 e. The van der Waals surface area contributed by atoms with Gasteiger partial charge in [0.2, 0.25) is 10.0 Å². The summed E-state index contributed by atoms with van der Waals surface area (Å²) in [6, 6.07) is 8.82. The molecule has 0 aliphatic rings. The topological polar surface area (TPSA) is 72.2 Å². The molecule has 0 radical (unpaired) electrons. The van der Waals surface area contributed by atoms with E-state index >= 15 is 0 Å². The van der Waals surface area contributed by atoms with Gasteiger partial charge in [-0.15, -0.1) is 11.3 Å². The highest BCUT2D eigenvalue weighted by atomic mass is 32.2. The molecule has 0 aliphatic carbocycles. The molecule has 0 amide bonds. The second-order valence-electron chi connectivity index (χ2n) is 4.03. The van der Waals surface area contributed by atoms with E-state index in [1.54, 1.807) is 12.1 Å². The molecule has 0 bridgehead atoms. The Morgan fingerprint density at radius 1 is 1.24 bits per heavy atom. The molecule has 2 aromatic rings. The smallest absolute Gasteiger partial charge is 0.243 e. The predicted molar refractivity (Wildman–Crippen MR) is 80.7 cm³/mol. The van der Waals surface area contributed by atoms with Gasteiger partial charge < -0.3 is 5.73 Å². The lowest BCUT2D eigenvalue weighted by Crippen LogP contribution is -2.23. The van der Waals surface area contributed by atoms with Gasteiger partial charge in [0.15, 0.2) is 0 Å². The van der Waals surface area contributed by atoms with Crippen molar-refractivity contribution in [2.24, 2.45) is 5.73 Å². The minimum atomic E-state index is -3.87. The number of hydrogen-bond acceptors (Lipinski definition) is 4. The maximum absolute atomic E-state index is 13.5. The van der Waals surface area contributed by atoms with Crippen LogP contribution < -0.4 is 10.5 Å². The van der Waals surface area contributed by atoms with Crippen LogP contribution in [0, 0.1) is 17.7 Å². The van der Waals surface area contributed by atoms with Crippen LogP contribution in [0.15, 0.2) is 41.3 Å². The van der Waals surface area contributed by atoms with Crippen molar-refractivity contribution in [2.75, 3.05) is 6.54 Å². The lowest BCUT2D eigenvalue weighted by atomic mass is 10.4. The number of rotatable bonds is 4. The Morgan fingerprint density at radius 2 is 2.00 bits per heavy atom. The van der Waals surface area contributed by atoms with Gasteiger partial charge in [-0.25, -0.2) is 17.5 Å². The molecule has 7 heteroatoms. The second-order valence-corrected chi connectivity index (χ2v) is 6.93. The van der Waals surface area contributed by atoms with Crippen LogP contribution in [0.4, 0.5) is 4.39 Å². The van der Waals surface area contributed by atoms with Crippen molar-refractivity contribution in [2.45, 2.75) is 11.4 Å². The summed E-state index contributed by atoms with van der Waals surface area (Å²) in [6.45, 7) is 0.360. The van der Waals surface area contributed by atoms with Gasteiger partial charge in [0.05, 0.1) is 11.4 Å². The van der Waals surface area contributed by atoms with E-state index in [1.807, 2.05) is 0 Å². The van der Waals surface area contributed by atoms with Crippen molar-refractivity contribution in [3.05, 3.63) is 52.0 Å². The molecule has 0 saturated heterocycles. The Morgan fingerprint density at radius 3 is 2.71 bits per heavy atom. The average Bonchev–Trinajstić information content (AvgIpc) is 2.91. The van der Waals surface area contributed by atoms with E-state index in [4.69, 9.17) is 5.73 Å². The molecule has 0 atom stereocenters. The van der Waals surface area contributed by atoms with Crippen LogP contribution in [0.1, 0.15) is 9.75 Å². The van der Waals surface area contributed by atoms with E-state index < -0.39 is 15.8 Å². The fourth-order valence-electron chi connectivity index (χ4n) is 1.58. The summed E-state index contributed by atoms with van der Waals surface area (Å²) in [5, 5.41) is 0. The van der Waals surface area contributed by atoms with Crippen LogP contribution in [-0.2, 0) is 16.6 Å². The third kappa shape index (κ3) is 4.12. The van der Waals surface area contributed by atoms with Crippen molar-refractivity contribution < 1.29 is 12.8 Å². The van der Waals surface area contributed by atoms with Crippen LogP contribution in [0.2, 0.25) is 0 Å². The van der Waals surface area contributed by atoms with Gasteiger partial charge >= 0.3 is 0 Å². The van der Waals surface area contributed by atoms with Gasteiger partial charge in [-0.2, -0.15) is 0 Å². The number of halogens is 1. The fourth-order valence-corrected chi connectivity index (χ4v) is 3.58. The first-order valence-electron chi connectivity index (χ1n) is 6.05. The number of thiophene rings is 1. The van der Waals surface area contributed by atoms with E-state index in [1.165, 1.54) is 29.5 Å². The summed E-state index contributed by atoms with van der Waals surface area (Å²) in [7, 11) is -3.87. The van der Waals surface area contributed by atoms with Crippen LogP contribution >= 0.6 is 11.3 Å². The molecule has 3 N–H and O–H groups in total. The van der Waals surface area contributed by atoms with E-state index in [2.05, 4.69) is 16.6 Å². The lowest BCUT2D eigenvalue weighted by Gasteiger charge is -2.06. The van der Waals surface area contributed by atoms with Crippen molar-refractivity contribution in [3.8, 4) is 11.8 Å². The van der Waals surface area contributed by atoms with Gasteiger partial charge in [0, 0.05) is 11.4 Å². The molecule has 1 aromatic heterocycles. The highest BCUT2D eigenvalue weighted by molar-refractivity contribution is 7.89. The maximum Gasteiger partial charge on any atom is 0.243 e. The number of hydrogen-bond donors (Lipinski definition) is 2. The monoisotopic (exact) mass is 324 g/mol. The Labute approximate surface area is 126 Å². The molecule has 0 fully saturated rings. The lowest BCUT2D eigenvalue weighted by molar-refractivity contribution is 0.557. The van der Waals surface area contributed by atoms with Gasteiger partial charge in [-0.1, -0.05) is 24.0 Å². The van der Waals surface area contributed by atoms with Crippen molar-refractivity contribution in [1.82, 2.24) is 4.72 Å². The van der Waals surface area contributed by atoms with Crippen molar-refractivity contribution in [3.63, 3.8) is 0 Å². The zero-order valence-electron chi connectivity index (χ0n) is 11.0. The van der Waals surface area contributed by atoms with Crippen LogP contribution in [0.5, 0.6) is 0 Å². The van der Waals surface area contributed by atoms with Gasteiger partial charge in [0.1, 0.15) is 10.7 Å². The summed E-state index contributed by atoms with van der Waals surface area (Å²) in [6.07, 6.45) is 0. The molecule has 0 unspecified atom stereocenters. The van der Waals surface area contributed by atoms with E-state index in [0.29, 0.717) is 0 Å². The van der Waals surface area contributed by atoms with Crippen LogP contribution in [0.25, 0.3) is 0 Å². The van der Waals surface area contributed by atoms with E-state index in [0.717, 1.165) is 15.8 Å². The quantitative estimate of drug-likeness (QED) is 0.841. The Bertz CT molecular complexity index is 789. The van der Waals surface area contributed by atoms with Crippen molar-refractivity contribution >= 4 is 21.4 Å². The van der Waals surface area contributed by atoms with Gasteiger partial charge in [0.25, 0.3) is 0 Å². The molecule has 1 heterocycles. The first-order chi connectivity index (χ1) is 10.0. The molecule has 0 saturated carbocycles. The second kappa shape index (κ2) is 6.83. The molecule has 0 spiro atoms. The number of nitrogens with one attached hydrogen (secondary N) is 1. The van der Waals surface area contributed by atoms with Gasteiger partial charge in [-0.3, -0.25) is 0 Å². The highest BCUT2D eigenvalue weighted by Gasteiger charge is 2.18. The highest BCUT2D eigenvalue weighted by Crippen LogP contribution is 2.17. The number of benzene rings is 1. The fraction of sp³-hybridized carbons (Fsp3) is 0.143. The van der Waals surface area contributed by atoms with Crippen LogP contribution in [-0.4, -0.2) is 15.0 Å². The van der Waals surface area contributed by atoms with E-state index in [-0.39, 0.29) is 18.0 Å². The molecule has 0 aliphatic heterocycles. The van der Waals surface area contributed by atoms with Gasteiger partial charge in [-0.05, 0) is 24.3 Å². The minimum absolute atomic E-state index is 0.0889. The van der Waals surface area contributed by atoms with Crippen LogP contribution in [0.3, 0.4) is 0 Å².